The fourth-order valence-corrected chi connectivity index (χ4v) is 4.65. The first-order valence-corrected chi connectivity index (χ1v) is 9.67. The molecular formula is C21H23N3O5. The Balaban J connectivity index is 1.65. The van der Waals surface area contributed by atoms with Crippen LogP contribution in [0.5, 0.6) is 0 Å². The number of hydrogen-bond acceptors (Lipinski definition) is 6. The third-order valence-electron chi connectivity index (χ3n) is 5.92. The van der Waals surface area contributed by atoms with Gasteiger partial charge in [-0.2, -0.15) is 0 Å². The molecular weight excluding hydrogens is 374 g/mol. The zero-order valence-electron chi connectivity index (χ0n) is 16.2. The van der Waals surface area contributed by atoms with Gasteiger partial charge in [-0.3, -0.25) is 14.6 Å². The number of nitrogens with zero attached hydrogens (tertiary/aromatic N) is 3. The summed E-state index contributed by atoms with van der Waals surface area (Å²) in [5.41, 5.74) is 1.47. The standard InChI is InChI=1S/C21H23N3O5/c1-3-10-29-21(28)18-15-11-23(19(26)13-4-7-22-8-5-13)9-6-14(15)17-16(12(2)25)20(27)24(17)18/h3-5,7-8,12,14,16-17,25H,1,6,9-11H2,2H3/t12-,14+,16-,17-/m1/s1. The van der Waals surface area contributed by atoms with Crippen molar-refractivity contribution in [2.24, 2.45) is 11.8 Å². The lowest BCUT2D eigenvalue weighted by Crippen LogP contribution is -2.64. The molecule has 0 saturated carbocycles. The largest absolute Gasteiger partial charge is 0.457 e. The number of hydrogen-bond donors (Lipinski definition) is 1. The Morgan fingerprint density at radius 1 is 1.41 bits per heavy atom. The van der Waals surface area contributed by atoms with Gasteiger partial charge in [-0.1, -0.05) is 12.7 Å². The second-order valence-electron chi connectivity index (χ2n) is 7.58. The molecule has 152 valence electrons. The molecule has 2 fully saturated rings. The van der Waals surface area contributed by atoms with E-state index in [1.54, 1.807) is 36.4 Å². The van der Waals surface area contributed by atoms with Crippen molar-refractivity contribution >= 4 is 17.8 Å². The molecule has 2 saturated heterocycles. The number of aliphatic hydroxyl groups is 1. The normalized spacial score (nSPS) is 26.4. The summed E-state index contributed by atoms with van der Waals surface area (Å²) in [6, 6.07) is 3.04. The lowest BCUT2D eigenvalue weighted by Gasteiger charge is -2.48. The maximum absolute atomic E-state index is 12.9. The van der Waals surface area contributed by atoms with Crippen LogP contribution in [0.4, 0.5) is 0 Å². The molecule has 4 atom stereocenters. The SMILES string of the molecule is C=CCOC(=O)C1=C2CN(C(=O)c3ccncc3)CC[C@@H]2[C@@H]2[C@@H]([C@@H](C)O)C(=O)N12. The molecule has 0 aromatic carbocycles. The molecule has 0 unspecified atom stereocenters. The van der Waals surface area contributed by atoms with Gasteiger partial charge in [0.15, 0.2) is 0 Å². The van der Waals surface area contributed by atoms with Gasteiger partial charge in [0.05, 0.1) is 18.1 Å². The highest BCUT2D eigenvalue weighted by atomic mass is 16.5. The number of fused-ring (bicyclic) bond motifs is 3. The minimum absolute atomic E-state index is 0.0342. The molecule has 1 aromatic rings. The Bertz CT molecular complexity index is 895. The summed E-state index contributed by atoms with van der Waals surface area (Å²) < 4.78 is 5.22. The molecule has 29 heavy (non-hydrogen) atoms. The van der Waals surface area contributed by atoms with E-state index in [-0.39, 0.29) is 42.6 Å². The summed E-state index contributed by atoms with van der Waals surface area (Å²) in [5.74, 6) is -1.63. The van der Waals surface area contributed by atoms with Crippen molar-refractivity contribution in [1.82, 2.24) is 14.8 Å². The molecule has 0 aliphatic carbocycles. The summed E-state index contributed by atoms with van der Waals surface area (Å²) in [4.78, 5) is 45.3. The van der Waals surface area contributed by atoms with Crippen LogP contribution < -0.4 is 0 Å². The fraction of sp³-hybridized carbons (Fsp3) is 0.429. The van der Waals surface area contributed by atoms with Crippen LogP contribution in [0.1, 0.15) is 23.7 Å². The van der Waals surface area contributed by atoms with Gasteiger partial charge < -0.3 is 19.6 Å². The third kappa shape index (κ3) is 3.04. The highest BCUT2D eigenvalue weighted by Gasteiger charge is 2.61. The van der Waals surface area contributed by atoms with Gasteiger partial charge in [-0.15, -0.1) is 0 Å². The van der Waals surface area contributed by atoms with Crippen molar-refractivity contribution in [2.75, 3.05) is 19.7 Å². The first kappa shape index (κ1) is 19.3. The molecule has 0 spiro atoms. The predicted octanol–water partition coefficient (Wildman–Crippen LogP) is 0.748. The number of aromatic nitrogens is 1. The maximum atomic E-state index is 12.9. The van der Waals surface area contributed by atoms with Crippen LogP contribution in [0.15, 0.2) is 48.5 Å². The molecule has 2 amide bonds. The van der Waals surface area contributed by atoms with Crippen molar-refractivity contribution in [1.29, 1.82) is 0 Å². The van der Waals surface area contributed by atoms with E-state index in [0.717, 1.165) is 5.57 Å². The highest BCUT2D eigenvalue weighted by Crippen LogP contribution is 2.50. The average molecular weight is 397 g/mol. The number of amides is 2. The minimum atomic E-state index is -0.801. The Kier molecular flexibility index (Phi) is 4.96. The second kappa shape index (κ2) is 7.44. The molecule has 1 N–H and O–H groups in total. The molecule has 8 heteroatoms. The zero-order chi connectivity index (χ0) is 20.7. The average Bonchev–Trinajstić information content (AvgIpc) is 3.01. The van der Waals surface area contributed by atoms with E-state index in [2.05, 4.69) is 11.6 Å². The van der Waals surface area contributed by atoms with Gasteiger partial charge in [-0.05, 0) is 31.1 Å². The summed E-state index contributed by atoms with van der Waals surface area (Å²) in [6.07, 6.45) is 4.39. The van der Waals surface area contributed by atoms with Crippen molar-refractivity contribution < 1.29 is 24.2 Å². The van der Waals surface area contributed by atoms with Crippen molar-refractivity contribution in [3.05, 3.63) is 54.0 Å². The Hall–Kier alpha value is -3.00. The van der Waals surface area contributed by atoms with Gasteiger partial charge in [0.25, 0.3) is 5.91 Å². The van der Waals surface area contributed by atoms with E-state index in [9.17, 15) is 19.5 Å². The van der Waals surface area contributed by atoms with Crippen LogP contribution in [-0.4, -0.2) is 69.5 Å². The van der Waals surface area contributed by atoms with Crippen molar-refractivity contribution in [3.63, 3.8) is 0 Å². The second-order valence-corrected chi connectivity index (χ2v) is 7.58. The molecule has 8 nitrogen and oxygen atoms in total. The topological polar surface area (TPSA) is 100 Å². The molecule has 4 rings (SSSR count). The number of esters is 1. The summed E-state index contributed by atoms with van der Waals surface area (Å²) in [5, 5.41) is 10.1. The smallest absolute Gasteiger partial charge is 0.355 e. The van der Waals surface area contributed by atoms with E-state index in [1.807, 2.05) is 0 Å². The number of carbonyl (C=O) groups is 3. The minimum Gasteiger partial charge on any atom is -0.457 e. The van der Waals surface area contributed by atoms with E-state index in [4.69, 9.17) is 4.74 Å². The Morgan fingerprint density at radius 2 is 2.14 bits per heavy atom. The molecule has 3 aliphatic heterocycles. The lowest BCUT2D eigenvalue weighted by molar-refractivity contribution is -0.164. The van der Waals surface area contributed by atoms with Crippen LogP contribution in [0.2, 0.25) is 0 Å². The van der Waals surface area contributed by atoms with E-state index in [1.165, 1.54) is 11.0 Å². The first-order valence-electron chi connectivity index (χ1n) is 9.67. The monoisotopic (exact) mass is 397 g/mol. The van der Waals surface area contributed by atoms with Crippen LogP contribution in [-0.2, 0) is 14.3 Å². The first-order chi connectivity index (χ1) is 14.0. The molecule has 0 radical (unpaired) electrons. The van der Waals surface area contributed by atoms with E-state index >= 15 is 0 Å². The third-order valence-corrected chi connectivity index (χ3v) is 5.92. The number of rotatable bonds is 5. The maximum Gasteiger partial charge on any atom is 0.355 e. The number of β-lactam (4-membered cyclic amide) rings is 1. The van der Waals surface area contributed by atoms with Crippen molar-refractivity contribution in [2.45, 2.75) is 25.5 Å². The van der Waals surface area contributed by atoms with E-state index in [0.29, 0.717) is 18.5 Å². The highest BCUT2D eigenvalue weighted by molar-refractivity contribution is 6.01. The number of piperidine rings is 1. The summed E-state index contributed by atoms with van der Waals surface area (Å²) in [7, 11) is 0. The van der Waals surface area contributed by atoms with Crippen LogP contribution >= 0.6 is 0 Å². The Morgan fingerprint density at radius 3 is 2.79 bits per heavy atom. The molecule has 0 bridgehead atoms. The quantitative estimate of drug-likeness (QED) is 0.447. The van der Waals surface area contributed by atoms with E-state index < -0.39 is 18.0 Å². The number of pyridine rings is 1. The van der Waals surface area contributed by atoms with Crippen LogP contribution in [0.25, 0.3) is 0 Å². The van der Waals surface area contributed by atoms with Gasteiger partial charge in [0.2, 0.25) is 5.91 Å². The number of ether oxygens (including phenoxy) is 1. The molecule has 4 heterocycles. The number of carbonyl (C=O) groups excluding carboxylic acids is 3. The fourth-order valence-electron chi connectivity index (χ4n) is 4.65. The van der Waals surface area contributed by atoms with Gasteiger partial charge in [0, 0.05) is 37.0 Å². The van der Waals surface area contributed by atoms with Gasteiger partial charge in [-0.25, -0.2) is 4.79 Å². The summed E-state index contributed by atoms with van der Waals surface area (Å²) >= 11 is 0. The summed E-state index contributed by atoms with van der Waals surface area (Å²) in [6.45, 7) is 5.93. The van der Waals surface area contributed by atoms with Crippen LogP contribution in [0, 0.1) is 11.8 Å². The number of aliphatic hydroxyl groups excluding tert-OH is 1. The van der Waals surface area contributed by atoms with Gasteiger partial charge >= 0.3 is 5.97 Å². The predicted molar refractivity (Wildman–Crippen MR) is 102 cm³/mol. The van der Waals surface area contributed by atoms with Gasteiger partial charge in [0.1, 0.15) is 12.3 Å². The molecule has 1 aromatic heterocycles. The zero-order valence-corrected chi connectivity index (χ0v) is 16.2. The lowest BCUT2D eigenvalue weighted by atomic mass is 9.74. The number of likely N-dealkylation sites (tertiary alicyclic amines) is 1. The molecule has 3 aliphatic rings. The Labute approximate surface area is 168 Å². The van der Waals surface area contributed by atoms with Crippen molar-refractivity contribution in [3.8, 4) is 0 Å². The van der Waals surface area contributed by atoms with Crippen LogP contribution in [0.3, 0.4) is 0 Å².